The van der Waals surface area contributed by atoms with Crippen LogP contribution in [-0.4, -0.2) is 30.2 Å². The first-order chi connectivity index (χ1) is 6.15. The Morgan fingerprint density at radius 2 is 2.31 bits per heavy atom. The van der Waals surface area contributed by atoms with E-state index in [0.717, 1.165) is 6.42 Å². The Hall–Kier alpha value is -0.610. The number of carbonyl (C=O) groups is 1. The minimum atomic E-state index is -1.05. The number of aliphatic hydroxyl groups is 1. The molecule has 0 heterocycles. The number of carbonyl (C=O) groups excluding carboxylic acids is 1. The Balaban J connectivity index is 2.36. The molecule has 4 N–H and O–H groups in total. The highest BCUT2D eigenvalue weighted by molar-refractivity contribution is 5.79. The van der Waals surface area contributed by atoms with Crippen molar-refractivity contribution >= 4 is 5.91 Å². The maximum absolute atomic E-state index is 10.7. The van der Waals surface area contributed by atoms with Gasteiger partial charge in [-0.2, -0.15) is 0 Å². The maximum atomic E-state index is 10.7. The molecule has 0 radical (unpaired) electrons. The Bertz CT molecular complexity index is 180. The molecule has 0 aliphatic heterocycles. The van der Waals surface area contributed by atoms with Gasteiger partial charge in [-0.05, 0) is 19.4 Å². The number of rotatable bonds is 5. The number of hydrogen-bond donors (Lipinski definition) is 3. The van der Waals surface area contributed by atoms with Gasteiger partial charge in [0.2, 0.25) is 5.91 Å². The lowest BCUT2D eigenvalue weighted by molar-refractivity contribution is -0.127. The SMILES string of the molecule is CNC(CC1CCC1)C(O)C(N)=O. The van der Waals surface area contributed by atoms with Crippen LogP contribution >= 0.6 is 0 Å². The van der Waals surface area contributed by atoms with Crippen molar-refractivity contribution in [1.29, 1.82) is 0 Å². The summed E-state index contributed by atoms with van der Waals surface area (Å²) in [6.45, 7) is 0. The zero-order valence-corrected chi connectivity index (χ0v) is 7.99. The van der Waals surface area contributed by atoms with Gasteiger partial charge in [-0.3, -0.25) is 4.79 Å². The molecule has 1 aliphatic carbocycles. The van der Waals surface area contributed by atoms with Crippen LogP contribution in [0.4, 0.5) is 0 Å². The van der Waals surface area contributed by atoms with Crippen LogP contribution in [0.15, 0.2) is 0 Å². The highest BCUT2D eigenvalue weighted by atomic mass is 16.3. The van der Waals surface area contributed by atoms with Gasteiger partial charge in [0.05, 0.1) is 0 Å². The second kappa shape index (κ2) is 4.58. The van der Waals surface area contributed by atoms with E-state index < -0.39 is 12.0 Å². The third-order valence-corrected chi connectivity index (χ3v) is 2.86. The zero-order chi connectivity index (χ0) is 9.84. The molecule has 2 unspecified atom stereocenters. The summed E-state index contributed by atoms with van der Waals surface area (Å²) in [4.78, 5) is 10.7. The number of primary amides is 1. The fourth-order valence-electron chi connectivity index (χ4n) is 1.69. The summed E-state index contributed by atoms with van der Waals surface area (Å²) in [5, 5.41) is 12.3. The van der Waals surface area contributed by atoms with Crippen molar-refractivity contribution in [2.24, 2.45) is 11.7 Å². The normalized spacial score (nSPS) is 22.0. The fourth-order valence-corrected chi connectivity index (χ4v) is 1.69. The molecule has 0 saturated heterocycles. The van der Waals surface area contributed by atoms with Crippen LogP contribution in [0.5, 0.6) is 0 Å². The van der Waals surface area contributed by atoms with Gasteiger partial charge in [-0.15, -0.1) is 0 Å². The van der Waals surface area contributed by atoms with Crippen molar-refractivity contribution in [1.82, 2.24) is 5.32 Å². The van der Waals surface area contributed by atoms with Crippen LogP contribution < -0.4 is 11.1 Å². The fraction of sp³-hybridized carbons (Fsp3) is 0.889. The molecule has 4 heteroatoms. The molecule has 1 aliphatic rings. The second-order valence-electron chi connectivity index (χ2n) is 3.78. The second-order valence-corrected chi connectivity index (χ2v) is 3.78. The minimum Gasteiger partial charge on any atom is -0.382 e. The van der Waals surface area contributed by atoms with Gasteiger partial charge in [0.25, 0.3) is 0 Å². The smallest absolute Gasteiger partial charge is 0.247 e. The van der Waals surface area contributed by atoms with Gasteiger partial charge in [0, 0.05) is 6.04 Å². The van der Waals surface area contributed by atoms with Crippen LogP contribution in [0.3, 0.4) is 0 Å². The van der Waals surface area contributed by atoms with E-state index in [1.807, 2.05) is 0 Å². The topological polar surface area (TPSA) is 75.3 Å². The number of nitrogens with one attached hydrogen (secondary N) is 1. The van der Waals surface area contributed by atoms with Crippen molar-refractivity contribution in [3.8, 4) is 0 Å². The van der Waals surface area contributed by atoms with Crippen molar-refractivity contribution in [3.63, 3.8) is 0 Å². The Morgan fingerprint density at radius 1 is 1.69 bits per heavy atom. The molecule has 1 saturated carbocycles. The first-order valence-electron chi connectivity index (χ1n) is 4.79. The molecular formula is C9H18N2O2. The van der Waals surface area contributed by atoms with Crippen molar-refractivity contribution < 1.29 is 9.90 Å². The molecule has 76 valence electrons. The van der Waals surface area contributed by atoms with Gasteiger partial charge in [-0.1, -0.05) is 19.3 Å². The Kier molecular flexibility index (Phi) is 3.69. The Labute approximate surface area is 78.5 Å². The predicted octanol–water partition coefficient (Wildman–Crippen LogP) is -0.389. The van der Waals surface area contributed by atoms with Gasteiger partial charge in [0.15, 0.2) is 0 Å². The molecule has 4 nitrogen and oxygen atoms in total. The van der Waals surface area contributed by atoms with Crippen LogP contribution in [0.1, 0.15) is 25.7 Å². The molecule has 0 aromatic rings. The molecule has 0 bridgehead atoms. The first kappa shape index (κ1) is 10.5. The van der Waals surface area contributed by atoms with E-state index >= 15 is 0 Å². The summed E-state index contributed by atoms with van der Waals surface area (Å²) in [5.41, 5.74) is 5.02. The van der Waals surface area contributed by atoms with E-state index in [1.165, 1.54) is 19.3 Å². The molecule has 0 spiro atoms. The standard InChI is InChI=1S/C9H18N2O2/c1-11-7(8(12)9(10)13)5-6-3-2-4-6/h6-8,11-12H,2-5H2,1H3,(H2,10,13). The third kappa shape index (κ3) is 2.67. The summed E-state index contributed by atoms with van der Waals surface area (Å²) in [6, 6.07) is -0.178. The number of hydrogen-bond acceptors (Lipinski definition) is 3. The molecule has 0 aromatic heterocycles. The van der Waals surface area contributed by atoms with Crippen LogP contribution in [-0.2, 0) is 4.79 Å². The van der Waals surface area contributed by atoms with E-state index in [1.54, 1.807) is 7.05 Å². The Morgan fingerprint density at radius 3 is 2.62 bits per heavy atom. The summed E-state index contributed by atoms with van der Waals surface area (Å²) in [5.74, 6) is 0.0186. The number of amides is 1. The zero-order valence-electron chi connectivity index (χ0n) is 7.99. The van der Waals surface area contributed by atoms with E-state index in [0.29, 0.717) is 5.92 Å². The molecule has 1 fully saturated rings. The van der Waals surface area contributed by atoms with Gasteiger partial charge in [0.1, 0.15) is 6.10 Å². The predicted molar refractivity (Wildman–Crippen MR) is 50.0 cm³/mol. The van der Waals surface area contributed by atoms with E-state index in [-0.39, 0.29) is 6.04 Å². The number of likely N-dealkylation sites (N-methyl/N-ethyl adjacent to an activating group) is 1. The largest absolute Gasteiger partial charge is 0.382 e. The third-order valence-electron chi connectivity index (χ3n) is 2.86. The van der Waals surface area contributed by atoms with Gasteiger partial charge < -0.3 is 16.2 Å². The molecule has 0 aromatic carbocycles. The van der Waals surface area contributed by atoms with Crippen molar-refractivity contribution in [2.45, 2.75) is 37.8 Å². The maximum Gasteiger partial charge on any atom is 0.247 e. The molecule has 13 heavy (non-hydrogen) atoms. The van der Waals surface area contributed by atoms with Crippen LogP contribution in [0.2, 0.25) is 0 Å². The highest BCUT2D eigenvalue weighted by Gasteiger charge is 2.28. The number of aliphatic hydroxyl groups excluding tert-OH is 1. The molecular weight excluding hydrogens is 168 g/mol. The summed E-state index contributed by atoms with van der Waals surface area (Å²) < 4.78 is 0. The summed E-state index contributed by atoms with van der Waals surface area (Å²) in [6.07, 6.45) is 3.49. The van der Waals surface area contributed by atoms with Gasteiger partial charge in [-0.25, -0.2) is 0 Å². The molecule has 1 amide bonds. The molecule has 1 rings (SSSR count). The summed E-state index contributed by atoms with van der Waals surface area (Å²) in [7, 11) is 1.75. The van der Waals surface area contributed by atoms with Crippen molar-refractivity contribution in [2.75, 3.05) is 7.05 Å². The monoisotopic (exact) mass is 186 g/mol. The lowest BCUT2D eigenvalue weighted by atomic mass is 9.80. The molecule has 2 atom stereocenters. The van der Waals surface area contributed by atoms with Gasteiger partial charge >= 0.3 is 0 Å². The average molecular weight is 186 g/mol. The number of nitrogens with two attached hydrogens (primary N) is 1. The van der Waals surface area contributed by atoms with Crippen LogP contribution in [0, 0.1) is 5.92 Å². The quantitative estimate of drug-likeness (QED) is 0.547. The lowest BCUT2D eigenvalue weighted by Crippen LogP contribution is -2.47. The van der Waals surface area contributed by atoms with E-state index in [4.69, 9.17) is 5.73 Å². The first-order valence-corrected chi connectivity index (χ1v) is 4.79. The van der Waals surface area contributed by atoms with Crippen LogP contribution in [0.25, 0.3) is 0 Å². The minimum absolute atomic E-state index is 0.178. The van der Waals surface area contributed by atoms with E-state index in [9.17, 15) is 9.90 Å². The van der Waals surface area contributed by atoms with Crippen molar-refractivity contribution in [3.05, 3.63) is 0 Å². The summed E-state index contributed by atoms with van der Waals surface area (Å²) >= 11 is 0. The highest BCUT2D eigenvalue weighted by Crippen LogP contribution is 2.30. The average Bonchev–Trinajstić information content (AvgIpc) is 2.02. The lowest BCUT2D eigenvalue weighted by Gasteiger charge is -2.30. The van der Waals surface area contributed by atoms with E-state index in [2.05, 4.69) is 5.32 Å².